The predicted molar refractivity (Wildman–Crippen MR) is 97.4 cm³/mol. The first-order valence-electron chi connectivity index (χ1n) is 10.1. The molecule has 0 aromatic rings. The van der Waals surface area contributed by atoms with E-state index in [4.69, 9.17) is 0 Å². The van der Waals surface area contributed by atoms with Gasteiger partial charge in [0.05, 0.1) is 0 Å². The zero-order chi connectivity index (χ0) is 16.7. The Bertz CT molecular complexity index is 338. The third-order valence-corrected chi connectivity index (χ3v) is 6.13. The summed E-state index contributed by atoms with van der Waals surface area (Å²) < 4.78 is 0. The molecule has 134 valence electrons. The number of hydrogen-bond donors (Lipinski definition) is 1. The Labute approximate surface area is 143 Å². The third-order valence-electron chi connectivity index (χ3n) is 6.13. The van der Waals surface area contributed by atoms with Gasteiger partial charge < -0.3 is 10.2 Å². The minimum Gasteiger partial charge on any atom is -0.342 e. The molecule has 1 N–H and O–H groups in total. The summed E-state index contributed by atoms with van der Waals surface area (Å²) in [5.41, 5.74) is 0. The molecule has 0 spiro atoms. The zero-order valence-corrected chi connectivity index (χ0v) is 15.7. The first-order valence-corrected chi connectivity index (χ1v) is 10.1. The highest BCUT2D eigenvalue weighted by Crippen LogP contribution is 2.28. The second kappa shape index (κ2) is 9.66. The van der Waals surface area contributed by atoms with E-state index >= 15 is 0 Å². The van der Waals surface area contributed by atoms with Crippen molar-refractivity contribution in [2.45, 2.75) is 72.1 Å². The van der Waals surface area contributed by atoms with E-state index in [1.165, 1.54) is 51.6 Å². The van der Waals surface area contributed by atoms with Crippen LogP contribution in [0, 0.1) is 23.7 Å². The second-order valence-corrected chi connectivity index (χ2v) is 8.18. The average Bonchev–Trinajstić information content (AvgIpc) is 2.56. The van der Waals surface area contributed by atoms with Crippen molar-refractivity contribution in [2.24, 2.45) is 23.7 Å². The van der Waals surface area contributed by atoms with Crippen LogP contribution in [-0.4, -0.2) is 37.0 Å². The van der Waals surface area contributed by atoms with Gasteiger partial charge >= 0.3 is 0 Å². The highest BCUT2D eigenvalue weighted by atomic mass is 16.2. The fourth-order valence-corrected chi connectivity index (χ4v) is 4.13. The molecule has 2 aliphatic heterocycles. The standard InChI is InChI=1S/C12H21NO.C8H17N/c1-2-10-8-13(9-10)12(14)11-6-4-3-5-7-11;1-7(2)8-3-5-9-6-4-8/h10-11H,2-9H2,1H3;7-9H,3-6H2,1-2H3. The Balaban J connectivity index is 0.000000185. The normalized spacial score (nSPS) is 24.1. The molecule has 3 heteroatoms. The van der Waals surface area contributed by atoms with E-state index in [1.54, 1.807) is 0 Å². The van der Waals surface area contributed by atoms with Crippen molar-refractivity contribution >= 4 is 5.91 Å². The fraction of sp³-hybridized carbons (Fsp3) is 0.950. The van der Waals surface area contributed by atoms with E-state index in [0.717, 1.165) is 43.7 Å². The first kappa shape index (κ1) is 18.8. The smallest absolute Gasteiger partial charge is 0.225 e. The molecule has 0 radical (unpaired) electrons. The SMILES string of the molecule is CC(C)C1CCNCC1.CCC1CN(C(=O)C2CCCCC2)C1. The molecule has 1 aliphatic carbocycles. The molecule has 0 unspecified atom stereocenters. The maximum Gasteiger partial charge on any atom is 0.225 e. The molecule has 1 saturated carbocycles. The van der Waals surface area contributed by atoms with Gasteiger partial charge in [-0.05, 0) is 62.9 Å². The van der Waals surface area contributed by atoms with Gasteiger partial charge in [-0.1, -0.05) is 40.0 Å². The fourth-order valence-electron chi connectivity index (χ4n) is 4.13. The molecular formula is C20H38N2O. The summed E-state index contributed by atoms with van der Waals surface area (Å²) in [6, 6.07) is 0. The number of piperidine rings is 1. The van der Waals surface area contributed by atoms with Gasteiger partial charge in [0.2, 0.25) is 5.91 Å². The van der Waals surface area contributed by atoms with Crippen LogP contribution in [0.2, 0.25) is 0 Å². The third kappa shape index (κ3) is 5.77. The summed E-state index contributed by atoms with van der Waals surface area (Å²) in [5.74, 6) is 3.51. The van der Waals surface area contributed by atoms with Crippen LogP contribution in [0.3, 0.4) is 0 Å². The number of rotatable bonds is 3. The Morgan fingerprint density at radius 1 is 1.04 bits per heavy atom. The van der Waals surface area contributed by atoms with Gasteiger partial charge in [-0.25, -0.2) is 0 Å². The van der Waals surface area contributed by atoms with Gasteiger partial charge in [0.25, 0.3) is 0 Å². The highest BCUT2D eigenvalue weighted by Gasteiger charge is 2.33. The van der Waals surface area contributed by atoms with Gasteiger partial charge in [-0.15, -0.1) is 0 Å². The lowest BCUT2D eigenvalue weighted by Gasteiger charge is -2.41. The van der Waals surface area contributed by atoms with Crippen LogP contribution in [0.15, 0.2) is 0 Å². The predicted octanol–water partition coefficient (Wildman–Crippen LogP) is 4.08. The summed E-state index contributed by atoms with van der Waals surface area (Å²) in [6.45, 7) is 11.4. The van der Waals surface area contributed by atoms with Gasteiger partial charge in [-0.2, -0.15) is 0 Å². The Hall–Kier alpha value is -0.570. The topological polar surface area (TPSA) is 32.3 Å². The number of nitrogens with one attached hydrogen (secondary N) is 1. The molecule has 1 amide bonds. The average molecular weight is 323 g/mol. The van der Waals surface area contributed by atoms with Crippen molar-refractivity contribution < 1.29 is 4.79 Å². The summed E-state index contributed by atoms with van der Waals surface area (Å²) in [4.78, 5) is 14.0. The van der Waals surface area contributed by atoms with Crippen LogP contribution in [0.25, 0.3) is 0 Å². The minimum atomic E-state index is 0.376. The minimum absolute atomic E-state index is 0.376. The molecule has 3 fully saturated rings. The number of carbonyl (C=O) groups is 1. The van der Waals surface area contributed by atoms with Crippen LogP contribution in [0.4, 0.5) is 0 Å². The van der Waals surface area contributed by atoms with Crippen molar-refractivity contribution in [1.29, 1.82) is 0 Å². The second-order valence-electron chi connectivity index (χ2n) is 8.18. The monoisotopic (exact) mass is 322 g/mol. The van der Waals surface area contributed by atoms with Crippen molar-refractivity contribution in [2.75, 3.05) is 26.2 Å². The summed E-state index contributed by atoms with van der Waals surface area (Å²) in [5, 5.41) is 3.37. The van der Waals surface area contributed by atoms with Crippen LogP contribution in [-0.2, 0) is 4.79 Å². The van der Waals surface area contributed by atoms with E-state index in [0.29, 0.717) is 11.8 Å². The van der Waals surface area contributed by atoms with Crippen molar-refractivity contribution in [1.82, 2.24) is 10.2 Å². The van der Waals surface area contributed by atoms with Crippen LogP contribution >= 0.6 is 0 Å². The quantitative estimate of drug-likeness (QED) is 0.849. The van der Waals surface area contributed by atoms with E-state index in [2.05, 4.69) is 31.0 Å². The van der Waals surface area contributed by atoms with Gasteiger partial charge in [0.15, 0.2) is 0 Å². The number of hydrogen-bond acceptors (Lipinski definition) is 2. The van der Waals surface area contributed by atoms with Crippen LogP contribution in [0.5, 0.6) is 0 Å². The molecule has 0 aromatic carbocycles. The molecule has 3 nitrogen and oxygen atoms in total. The highest BCUT2D eigenvalue weighted by molar-refractivity contribution is 5.79. The van der Waals surface area contributed by atoms with Crippen molar-refractivity contribution in [3.63, 3.8) is 0 Å². The Kier molecular flexibility index (Phi) is 7.88. The lowest BCUT2D eigenvalue weighted by molar-refractivity contribution is -0.143. The van der Waals surface area contributed by atoms with Crippen LogP contribution < -0.4 is 5.32 Å². The molecule has 0 atom stereocenters. The molecule has 2 heterocycles. The van der Waals surface area contributed by atoms with E-state index < -0.39 is 0 Å². The molecule has 3 rings (SSSR count). The Morgan fingerprint density at radius 2 is 1.65 bits per heavy atom. The van der Waals surface area contributed by atoms with E-state index in [9.17, 15) is 4.79 Å². The van der Waals surface area contributed by atoms with Gasteiger partial charge in [0, 0.05) is 19.0 Å². The molecule has 0 bridgehead atoms. The maximum atomic E-state index is 12.0. The molecular weight excluding hydrogens is 284 g/mol. The van der Waals surface area contributed by atoms with Gasteiger partial charge in [-0.3, -0.25) is 4.79 Å². The summed E-state index contributed by atoms with van der Waals surface area (Å²) >= 11 is 0. The lowest BCUT2D eigenvalue weighted by Crippen LogP contribution is -2.52. The number of amides is 1. The molecule has 0 aromatic heterocycles. The first-order chi connectivity index (χ1) is 11.1. The van der Waals surface area contributed by atoms with E-state index in [1.807, 2.05) is 0 Å². The van der Waals surface area contributed by atoms with E-state index in [-0.39, 0.29) is 0 Å². The molecule has 2 saturated heterocycles. The maximum absolute atomic E-state index is 12.0. The number of likely N-dealkylation sites (tertiary alicyclic amines) is 1. The zero-order valence-electron chi connectivity index (χ0n) is 15.7. The number of nitrogens with zero attached hydrogens (tertiary/aromatic N) is 1. The van der Waals surface area contributed by atoms with Crippen molar-refractivity contribution in [3.05, 3.63) is 0 Å². The Morgan fingerprint density at radius 3 is 2.13 bits per heavy atom. The summed E-state index contributed by atoms with van der Waals surface area (Å²) in [6.07, 6.45) is 10.2. The molecule has 23 heavy (non-hydrogen) atoms. The largest absolute Gasteiger partial charge is 0.342 e. The van der Waals surface area contributed by atoms with Gasteiger partial charge in [0.1, 0.15) is 0 Å². The molecule has 3 aliphatic rings. The number of carbonyl (C=O) groups excluding carboxylic acids is 1. The lowest BCUT2D eigenvalue weighted by atomic mass is 9.86. The van der Waals surface area contributed by atoms with Crippen LogP contribution in [0.1, 0.15) is 72.1 Å². The summed E-state index contributed by atoms with van der Waals surface area (Å²) in [7, 11) is 0. The van der Waals surface area contributed by atoms with Crippen molar-refractivity contribution in [3.8, 4) is 0 Å².